The van der Waals surface area contributed by atoms with E-state index in [0.29, 0.717) is 6.04 Å². The fraction of sp³-hybridized carbons (Fsp3) is 0.333. The van der Waals surface area contributed by atoms with Crippen LogP contribution in [-0.2, 0) is 0 Å². The Labute approximate surface area is 66.2 Å². The van der Waals surface area contributed by atoms with E-state index in [1.807, 2.05) is 18.2 Å². The largest absolute Gasteiger partial charge is 0.496 e. The average molecular weight is 149 g/mol. The maximum absolute atomic E-state index is 5.21. The molecular formula is C9H11NO. The summed E-state index contributed by atoms with van der Waals surface area (Å²) < 4.78 is 5.21. The number of para-hydroxylation sites is 1. The number of nitrogens with one attached hydrogen (secondary N) is 1. The summed E-state index contributed by atoms with van der Waals surface area (Å²) in [4.78, 5) is 0. The van der Waals surface area contributed by atoms with E-state index in [1.165, 1.54) is 5.56 Å². The maximum Gasteiger partial charge on any atom is 0.123 e. The zero-order valence-electron chi connectivity index (χ0n) is 6.50. The van der Waals surface area contributed by atoms with Crippen molar-refractivity contribution in [2.24, 2.45) is 0 Å². The monoisotopic (exact) mass is 149 g/mol. The molecule has 11 heavy (non-hydrogen) atoms. The van der Waals surface area contributed by atoms with E-state index in [1.54, 1.807) is 7.11 Å². The standard InChI is InChI=1S/C9H11NO/c1-11-9-5-3-2-4-7(9)8-6-10-8/h2-5,8,10H,6H2,1H3/t8-/m1/s1. The van der Waals surface area contributed by atoms with Gasteiger partial charge >= 0.3 is 0 Å². The molecule has 1 atom stereocenters. The van der Waals surface area contributed by atoms with Crippen molar-refractivity contribution < 1.29 is 4.74 Å². The number of hydrogen-bond acceptors (Lipinski definition) is 2. The summed E-state index contributed by atoms with van der Waals surface area (Å²) in [7, 11) is 1.71. The molecule has 1 saturated heterocycles. The number of rotatable bonds is 2. The van der Waals surface area contributed by atoms with E-state index in [9.17, 15) is 0 Å². The topological polar surface area (TPSA) is 31.2 Å². The van der Waals surface area contributed by atoms with Crippen molar-refractivity contribution in [3.05, 3.63) is 29.8 Å². The lowest BCUT2D eigenvalue weighted by Crippen LogP contribution is -1.90. The molecule has 0 saturated carbocycles. The third-order valence-electron chi connectivity index (χ3n) is 1.92. The number of benzene rings is 1. The lowest BCUT2D eigenvalue weighted by Gasteiger charge is -2.04. The molecule has 2 heteroatoms. The van der Waals surface area contributed by atoms with Gasteiger partial charge in [0.25, 0.3) is 0 Å². The lowest BCUT2D eigenvalue weighted by atomic mass is 10.1. The number of ether oxygens (including phenoxy) is 1. The zero-order valence-corrected chi connectivity index (χ0v) is 6.50. The van der Waals surface area contributed by atoms with Gasteiger partial charge in [0.1, 0.15) is 5.75 Å². The van der Waals surface area contributed by atoms with Crippen LogP contribution in [0.2, 0.25) is 0 Å². The first-order valence-corrected chi connectivity index (χ1v) is 3.78. The molecule has 58 valence electrons. The van der Waals surface area contributed by atoms with Gasteiger partial charge in [-0.1, -0.05) is 18.2 Å². The Morgan fingerprint density at radius 2 is 2.18 bits per heavy atom. The molecule has 1 aromatic rings. The first-order chi connectivity index (χ1) is 5.42. The van der Waals surface area contributed by atoms with Gasteiger partial charge in [-0.3, -0.25) is 0 Å². The van der Waals surface area contributed by atoms with Gasteiger partial charge in [-0.15, -0.1) is 0 Å². The molecule has 1 aliphatic rings. The summed E-state index contributed by atoms with van der Waals surface area (Å²) in [6.07, 6.45) is 0. The van der Waals surface area contributed by atoms with Crippen molar-refractivity contribution in [3.63, 3.8) is 0 Å². The summed E-state index contributed by atoms with van der Waals surface area (Å²) >= 11 is 0. The van der Waals surface area contributed by atoms with Gasteiger partial charge in [-0.2, -0.15) is 0 Å². The highest BCUT2D eigenvalue weighted by Crippen LogP contribution is 2.29. The average Bonchev–Trinajstić information content (AvgIpc) is 2.87. The minimum absolute atomic E-state index is 0.533. The van der Waals surface area contributed by atoms with E-state index in [-0.39, 0.29) is 0 Å². The van der Waals surface area contributed by atoms with E-state index in [4.69, 9.17) is 4.74 Å². The van der Waals surface area contributed by atoms with Crippen LogP contribution in [0.15, 0.2) is 24.3 Å². The molecule has 1 aromatic carbocycles. The van der Waals surface area contributed by atoms with Crippen LogP contribution in [0.3, 0.4) is 0 Å². The number of methoxy groups -OCH3 is 1. The van der Waals surface area contributed by atoms with Crippen LogP contribution >= 0.6 is 0 Å². The molecule has 1 N–H and O–H groups in total. The minimum atomic E-state index is 0.533. The lowest BCUT2D eigenvalue weighted by molar-refractivity contribution is 0.409. The maximum atomic E-state index is 5.21. The highest BCUT2D eigenvalue weighted by atomic mass is 16.5. The summed E-state index contributed by atoms with van der Waals surface area (Å²) in [5, 5.41) is 3.25. The van der Waals surface area contributed by atoms with Crippen LogP contribution in [0.4, 0.5) is 0 Å². The third kappa shape index (κ3) is 1.21. The molecule has 1 heterocycles. The van der Waals surface area contributed by atoms with Crippen molar-refractivity contribution in [2.75, 3.05) is 13.7 Å². The van der Waals surface area contributed by atoms with Crippen LogP contribution in [0, 0.1) is 0 Å². The smallest absolute Gasteiger partial charge is 0.123 e. The highest BCUT2D eigenvalue weighted by molar-refractivity contribution is 5.38. The van der Waals surface area contributed by atoms with Crippen LogP contribution in [0.5, 0.6) is 5.75 Å². The molecule has 0 aromatic heterocycles. The Hall–Kier alpha value is -1.02. The first-order valence-electron chi connectivity index (χ1n) is 3.78. The van der Waals surface area contributed by atoms with Crippen LogP contribution in [0.1, 0.15) is 11.6 Å². The summed E-state index contributed by atoms with van der Waals surface area (Å²) in [6.45, 7) is 1.08. The first kappa shape index (κ1) is 6.68. The molecule has 0 spiro atoms. The normalized spacial score (nSPS) is 21.4. The van der Waals surface area contributed by atoms with E-state index in [0.717, 1.165) is 12.3 Å². The van der Waals surface area contributed by atoms with Crippen LogP contribution in [-0.4, -0.2) is 13.7 Å². The highest BCUT2D eigenvalue weighted by Gasteiger charge is 2.24. The third-order valence-corrected chi connectivity index (χ3v) is 1.92. The Morgan fingerprint density at radius 3 is 2.82 bits per heavy atom. The molecule has 0 bridgehead atoms. The molecule has 2 nitrogen and oxygen atoms in total. The van der Waals surface area contributed by atoms with Crippen molar-refractivity contribution in [1.29, 1.82) is 0 Å². The Balaban J connectivity index is 2.34. The minimum Gasteiger partial charge on any atom is -0.496 e. The van der Waals surface area contributed by atoms with Crippen molar-refractivity contribution in [2.45, 2.75) is 6.04 Å². The SMILES string of the molecule is COc1ccccc1[C@H]1CN1. The molecule has 2 rings (SSSR count). The van der Waals surface area contributed by atoms with Gasteiger partial charge in [0.05, 0.1) is 7.11 Å². The van der Waals surface area contributed by atoms with Crippen molar-refractivity contribution in [3.8, 4) is 5.75 Å². The number of hydrogen-bond donors (Lipinski definition) is 1. The van der Waals surface area contributed by atoms with Gasteiger partial charge in [0.15, 0.2) is 0 Å². The second-order valence-electron chi connectivity index (χ2n) is 2.70. The molecule has 1 fully saturated rings. The van der Waals surface area contributed by atoms with E-state index >= 15 is 0 Å². The molecule has 0 amide bonds. The summed E-state index contributed by atoms with van der Waals surface area (Å²) in [5.74, 6) is 0.988. The Kier molecular flexibility index (Phi) is 1.55. The molecule has 0 radical (unpaired) electrons. The van der Waals surface area contributed by atoms with Gasteiger partial charge in [0.2, 0.25) is 0 Å². The Morgan fingerprint density at radius 1 is 1.45 bits per heavy atom. The van der Waals surface area contributed by atoms with Gasteiger partial charge in [0, 0.05) is 18.2 Å². The van der Waals surface area contributed by atoms with Gasteiger partial charge in [-0.25, -0.2) is 0 Å². The summed E-state index contributed by atoms with van der Waals surface area (Å²) in [5.41, 5.74) is 1.27. The second kappa shape index (κ2) is 2.55. The van der Waals surface area contributed by atoms with Crippen LogP contribution < -0.4 is 10.1 Å². The molecule has 0 aliphatic carbocycles. The van der Waals surface area contributed by atoms with Crippen molar-refractivity contribution in [1.82, 2.24) is 5.32 Å². The quantitative estimate of drug-likeness (QED) is 0.643. The zero-order chi connectivity index (χ0) is 7.68. The van der Waals surface area contributed by atoms with E-state index < -0.39 is 0 Å². The fourth-order valence-electron chi connectivity index (χ4n) is 1.23. The van der Waals surface area contributed by atoms with Crippen LogP contribution in [0.25, 0.3) is 0 Å². The predicted molar refractivity (Wildman–Crippen MR) is 43.7 cm³/mol. The molecule has 0 unspecified atom stereocenters. The molecule has 1 aliphatic heterocycles. The predicted octanol–water partition coefficient (Wildman–Crippen LogP) is 1.34. The second-order valence-corrected chi connectivity index (χ2v) is 2.70. The Bertz CT molecular complexity index is 255. The summed E-state index contributed by atoms with van der Waals surface area (Å²) in [6, 6.07) is 8.66. The van der Waals surface area contributed by atoms with Gasteiger partial charge in [-0.05, 0) is 6.07 Å². The van der Waals surface area contributed by atoms with Gasteiger partial charge < -0.3 is 10.1 Å². The van der Waals surface area contributed by atoms with E-state index in [2.05, 4.69) is 11.4 Å². The van der Waals surface area contributed by atoms with Crippen molar-refractivity contribution >= 4 is 0 Å². The molecular weight excluding hydrogens is 138 g/mol. The fourth-order valence-corrected chi connectivity index (χ4v) is 1.23.